The molecule has 0 aliphatic heterocycles. The molecule has 0 bridgehead atoms. The average Bonchev–Trinajstić information content (AvgIpc) is 0.711. The van der Waals surface area contributed by atoms with Gasteiger partial charge in [0, 0.05) is 21.4 Å². The quantitative estimate of drug-likeness (QED) is 0.0376. The SMILES string of the molecule is Clc1ccc([B-](c2ccc(Cl)cc2)(c2ccc(Cl)cc2)c2ccc(Cl)cc2)cc1.FC(F)(F)c1cc([B-](c2cc(C(F)(F)F)cc(C(F)(F)F)c2)(c2cc(C(F)(F)F)cc(C(F)(F)F)c2)c2cc(C(F)(F)F)cc(C(F)(F)F)c2)cc(C(F)(F)F)c1.[3H]F.[3H]P[B].[B]C(P)I.[B]P.c1ccc([B-](c2ccccc2)(c2ccccc2)c2ccccc2)cc1. The highest BCUT2D eigenvalue weighted by Crippen LogP contribution is 2.42. The second-order valence-corrected chi connectivity index (χ2v) is 31.5. The highest BCUT2D eigenvalue weighted by atomic mass is 127. The minimum atomic E-state index is -6.13. The fourth-order valence-electron chi connectivity index (χ4n) is 14.4. The number of benzene rings is 12. The summed E-state index contributed by atoms with van der Waals surface area (Å²) in [5.41, 5.74) is -20.3. The van der Waals surface area contributed by atoms with E-state index in [1.54, 1.807) is 0 Å². The van der Waals surface area contributed by atoms with Gasteiger partial charge in [0.2, 0.25) is 0 Å². The van der Waals surface area contributed by atoms with Gasteiger partial charge in [-0.05, 0) is 76.4 Å². The van der Waals surface area contributed by atoms with Crippen molar-refractivity contribution < 1.29 is 110 Å². The van der Waals surface area contributed by atoms with Crippen LogP contribution in [0.25, 0.3) is 0 Å². The van der Waals surface area contributed by atoms with E-state index in [1.165, 1.54) is 21.9 Å². The fourth-order valence-corrected chi connectivity index (χ4v) is 14.9. The van der Waals surface area contributed by atoms with Crippen LogP contribution in [0.1, 0.15) is 44.5 Å². The van der Waals surface area contributed by atoms with Crippen molar-refractivity contribution in [1.82, 2.24) is 0 Å². The molecule has 0 aromatic heterocycles. The first-order chi connectivity index (χ1) is 56.8. The molecule has 0 aliphatic rings. The van der Waals surface area contributed by atoms with Gasteiger partial charge in [0.25, 0.3) is 1.45 Å². The van der Waals surface area contributed by atoms with Crippen molar-refractivity contribution in [3.05, 3.63) is 356 Å². The maximum absolute atomic E-state index is 14.2. The van der Waals surface area contributed by atoms with Gasteiger partial charge in [-0.25, -0.2) is 0 Å². The van der Waals surface area contributed by atoms with Gasteiger partial charge in [0.15, 0.2) is 0 Å². The van der Waals surface area contributed by atoms with Crippen molar-refractivity contribution in [2.45, 2.75) is 53.0 Å². The molecule has 12 aromatic rings. The molecule has 0 fully saturated rings. The predicted molar refractivity (Wildman–Crippen MR) is 457 cm³/mol. The number of halogens is 30. The molecule has 0 amide bonds. The molecule has 4 atom stereocenters. The van der Waals surface area contributed by atoms with Crippen LogP contribution in [-0.2, 0) is 49.4 Å². The lowest BCUT2D eigenvalue weighted by Gasteiger charge is -2.46. The van der Waals surface area contributed by atoms with Crippen LogP contribution in [0.5, 0.6) is 0 Å². The molecule has 0 saturated carbocycles. The van der Waals surface area contributed by atoms with E-state index >= 15 is 0 Å². The molecule has 0 nitrogen and oxygen atoms in total. The minimum Gasteiger partial charge on any atom is -0.269 e. The van der Waals surface area contributed by atoms with Crippen LogP contribution >= 0.6 is 96.4 Å². The van der Waals surface area contributed by atoms with Crippen LogP contribution in [0.2, 0.25) is 20.1 Å². The Morgan fingerprint density at radius 2 is 0.367 bits per heavy atom. The Balaban J connectivity index is 0.000000293. The molecule has 0 spiro atoms. The van der Waals surface area contributed by atoms with Crippen LogP contribution < -0.4 is 65.6 Å². The van der Waals surface area contributed by atoms with Crippen molar-refractivity contribution >= 4 is 203 Å². The van der Waals surface area contributed by atoms with Gasteiger partial charge < -0.3 is 0 Å². The van der Waals surface area contributed by atoms with Gasteiger partial charge in [-0.1, -0.05) is 287 Å². The Labute approximate surface area is 720 Å². The second-order valence-electron chi connectivity index (χ2n) is 26.2. The third kappa shape index (κ3) is 24.5. The summed E-state index contributed by atoms with van der Waals surface area (Å²) in [6.07, 6.45) is -57.5. The van der Waals surface area contributed by atoms with Gasteiger partial charge in [-0.2, -0.15) is 189 Å². The predicted octanol–water partition coefficient (Wildman–Crippen LogP) is 20.7. The van der Waals surface area contributed by atoms with Crippen LogP contribution in [-0.4, -0.2) is 47.7 Å². The monoisotopic (exact) mass is 1930 g/mol. The van der Waals surface area contributed by atoms with E-state index in [1.807, 2.05) is 57.6 Å². The lowest BCUT2D eigenvalue weighted by molar-refractivity contribution is -0.144. The highest BCUT2D eigenvalue weighted by molar-refractivity contribution is 14.1. The summed E-state index contributed by atoms with van der Waals surface area (Å²) >= 11 is 27.0. The van der Waals surface area contributed by atoms with E-state index in [0.717, 1.165) is 21.9 Å². The number of rotatable bonds is 12. The number of alkyl halides is 25. The van der Waals surface area contributed by atoms with E-state index in [9.17, 15) is 105 Å². The molecule has 6 radical (unpaired) electrons. The smallest absolute Gasteiger partial charge is 0.269 e. The molecule has 4 unspecified atom stereocenters. The molecule has 39 heteroatoms. The third-order valence-corrected chi connectivity index (χ3v) is 20.1. The number of hydrogen-bond acceptors (Lipinski definition) is 0. The Bertz CT molecular complexity index is 4530. The lowest BCUT2D eigenvalue weighted by Crippen LogP contribution is -2.75. The van der Waals surface area contributed by atoms with E-state index in [4.69, 9.17) is 60.2 Å². The summed E-state index contributed by atoms with van der Waals surface area (Å²) < 4.78 is 360. The molecule has 626 valence electrons. The summed E-state index contributed by atoms with van der Waals surface area (Å²) in [4.78, 5) is 0. The maximum Gasteiger partial charge on any atom is 0.416 e. The van der Waals surface area contributed by atoms with E-state index in [2.05, 4.69) is 218 Å². The Morgan fingerprint density at radius 3 is 0.483 bits per heavy atom. The van der Waals surface area contributed by atoms with E-state index in [-0.39, 0.29) is 12.6 Å². The maximum atomic E-state index is 14.2. The van der Waals surface area contributed by atoms with Gasteiger partial charge in [-0.15, -0.1) is 9.24 Å². The van der Waals surface area contributed by atoms with Crippen molar-refractivity contribution in [2.24, 2.45) is 0 Å². The summed E-state index contributed by atoms with van der Waals surface area (Å²) in [6, 6.07) is 66.8. The summed E-state index contributed by atoms with van der Waals surface area (Å²) in [5.74, 6) is 0. The third-order valence-electron chi connectivity index (χ3n) is 19.1. The van der Waals surface area contributed by atoms with Gasteiger partial charge in [0.1, 0.15) is 18.4 Å². The zero-order valence-electron chi connectivity index (χ0n) is 62.7. The van der Waals surface area contributed by atoms with E-state index in [0.29, 0.717) is 20.1 Å². The van der Waals surface area contributed by atoms with Crippen molar-refractivity contribution in [3.8, 4) is 0 Å². The Kier molecular flexibility index (Phi) is 33.7. The molecule has 0 heterocycles. The van der Waals surface area contributed by atoms with Crippen molar-refractivity contribution in [1.29, 1.82) is 2.73 Å². The second kappa shape index (κ2) is 41.3. The molecule has 0 N–H and O–H groups in total. The highest BCUT2D eigenvalue weighted by Gasteiger charge is 2.48. The zero-order valence-corrected chi connectivity index (χ0v) is 69.2. The van der Waals surface area contributed by atoms with Gasteiger partial charge in [-0.3, -0.25) is 4.72 Å². The van der Waals surface area contributed by atoms with Crippen LogP contribution in [0.3, 0.4) is 0 Å². The zero-order chi connectivity index (χ0) is 91.6. The molecule has 0 saturated heterocycles. The standard InChI is InChI=1S/C32H12BF24.C24H16BCl4.C24H20B.CH3BIP.2BH2P.FH/c34-25(35,36)13-1-14(26(37,38)39)6-21(5-13)33(22-7-15(27(40,41)42)2-16(8-22)28(43,44)45,23-9-17(29(46,47)48)3-18(10-23)30(49,50)51)24-11-19(31(52,53)54)4-20(12-24)32(55,56)57;26-21-9-1-17(2-10-21)25(18-3-11-22(27)12-4-18,19-5-13-23(28)14-6-19)20-7-15-24(29)16-8-20;1-5-13-21(14-6-1)25(22-15-7-2-8-16-22,23-17-9-3-10-18-23)24-19-11-4-12-20-24;2-1(3)4;2*1-2;/h1-12H;1-16H;1-20H;1H,4H2;2*2H2;1H/q3*-1;;;;/i;;;;2T;;/hT. The van der Waals surface area contributed by atoms with Crippen molar-refractivity contribution in [2.75, 3.05) is 0 Å². The van der Waals surface area contributed by atoms with Crippen LogP contribution in [0.4, 0.5) is 110 Å². The largest absolute Gasteiger partial charge is 0.416 e. The average molecular weight is 1930 g/mol. The summed E-state index contributed by atoms with van der Waals surface area (Å²) in [7, 11) is 18.2. The number of hydrogen-bond donors (Lipinski definition) is 0. The normalized spacial score (nSPS) is 12.8. The van der Waals surface area contributed by atoms with Crippen molar-refractivity contribution in [3.63, 3.8) is 0 Å². The first kappa shape index (κ1) is 97.9. The molecular weight excluding hydrogens is 1870 g/mol. The molecule has 120 heavy (non-hydrogen) atoms. The topological polar surface area (TPSA) is 0 Å². The Morgan fingerprint density at radius 1 is 0.258 bits per heavy atom. The van der Waals surface area contributed by atoms with Gasteiger partial charge >= 0.3 is 49.4 Å². The summed E-state index contributed by atoms with van der Waals surface area (Å²) in [6.45, 7) is 0. The summed E-state index contributed by atoms with van der Waals surface area (Å²) in [5, 5.41) is 2.78. The minimum absolute atomic E-state index is 0.167. The molecule has 12 aromatic carbocycles. The first-order valence-corrected chi connectivity index (χ1v) is 38.8. The Hall–Kier alpha value is -7.54. The van der Waals surface area contributed by atoms with Crippen LogP contribution in [0, 0.1) is 0 Å². The van der Waals surface area contributed by atoms with Gasteiger partial charge in [0.05, 0.1) is 67.5 Å². The lowest BCUT2D eigenvalue weighted by atomic mass is 9.12. The molecule has 12 rings (SSSR count). The fraction of sp³-hybridized carbons (Fsp3) is 0.111. The van der Waals surface area contributed by atoms with E-state index < -0.39 is 207 Å². The molecular formula is C81H56B6Cl4F25IP3-3. The molecule has 0 aliphatic carbocycles. The first-order valence-electron chi connectivity index (χ1n) is 35.0. The van der Waals surface area contributed by atoms with Crippen LogP contribution in [0.15, 0.2) is 291 Å².